The Morgan fingerprint density at radius 3 is 2.48 bits per heavy atom. The molecule has 0 bridgehead atoms. The quantitative estimate of drug-likeness (QED) is 0.297. The molecule has 0 saturated carbocycles. The van der Waals surface area contributed by atoms with Gasteiger partial charge in [0, 0.05) is 23.8 Å². The maximum absolute atomic E-state index is 13.8. The third kappa shape index (κ3) is 6.57. The molecule has 0 heterocycles. The minimum Gasteiger partial charge on any atom is -0.496 e. The number of nitro benzene ring substituents is 1. The Morgan fingerprint density at radius 2 is 1.82 bits per heavy atom. The predicted molar refractivity (Wildman–Crippen MR) is 116 cm³/mol. The number of carbonyl (C=O) groups excluding carboxylic acids is 1. The van der Waals surface area contributed by atoms with Gasteiger partial charge in [-0.15, -0.1) is 0 Å². The van der Waals surface area contributed by atoms with Gasteiger partial charge in [0.2, 0.25) is 5.91 Å². The lowest BCUT2D eigenvalue weighted by Crippen LogP contribution is -2.19. The molecule has 0 aliphatic heterocycles. The molecule has 0 saturated heterocycles. The molecule has 1 amide bonds. The fraction of sp³-hybridized carbons (Fsp3) is 0.130. The van der Waals surface area contributed by atoms with Crippen LogP contribution in [0.25, 0.3) is 0 Å². The molecule has 10 heteroatoms. The number of nitrogens with zero attached hydrogens (tertiary/aromatic N) is 2. The highest BCUT2D eigenvalue weighted by molar-refractivity contribution is 5.83. The van der Waals surface area contributed by atoms with E-state index in [0.717, 1.165) is 12.1 Å². The molecule has 8 nitrogen and oxygen atoms in total. The van der Waals surface area contributed by atoms with E-state index in [0.29, 0.717) is 22.4 Å². The summed E-state index contributed by atoms with van der Waals surface area (Å²) in [6.45, 7) is -0.0418. The Kier molecular flexibility index (Phi) is 7.64. The first kappa shape index (κ1) is 23.3. The van der Waals surface area contributed by atoms with Crippen LogP contribution in [0.3, 0.4) is 0 Å². The number of hydrogen-bond donors (Lipinski definition) is 1. The number of hydrazone groups is 1. The van der Waals surface area contributed by atoms with E-state index in [2.05, 4.69) is 10.5 Å². The number of non-ortho nitro benzene ring substituents is 1. The number of ether oxygens (including phenoxy) is 2. The number of nitro groups is 1. The van der Waals surface area contributed by atoms with Crippen molar-refractivity contribution in [1.82, 2.24) is 5.43 Å². The second-order valence-electron chi connectivity index (χ2n) is 6.83. The summed E-state index contributed by atoms with van der Waals surface area (Å²) in [5.74, 6) is -1.52. The molecule has 1 N–H and O–H groups in total. The zero-order chi connectivity index (χ0) is 23.8. The van der Waals surface area contributed by atoms with Crippen LogP contribution >= 0.6 is 0 Å². The average Bonchev–Trinajstić information content (AvgIpc) is 2.79. The molecule has 3 rings (SSSR count). The van der Waals surface area contributed by atoms with Gasteiger partial charge in [0.1, 0.15) is 18.2 Å². The van der Waals surface area contributed by atoms with Crippen LogP contribution in [0.5, 0.6) is 11.5 Å². The van der Waals surface area contributed by atoms with Gasteiger partial charge in [-0.05, 0) is 41.5 Å². The minimum atomic E-state index is -0.817. The Morgan fingerprint density at radius 1 is 1.09 bits per heavy atom. The van der Waals surface area contributed by atoms with E-state index in [1.807, 2.05) is 0 Å². The molecule has 170 valence electrons. The third-order valence-corrected chi connectivity index (χ3v) is 4.50. The fourth-order valence-electron chi connectivity index (χ4n) is 2.88. The van der Waals surface area contributed by atoms with Crippen LogP contribution < -0.4 is 14.9 Å². The number of rotatable bonds is 9. The van der Waals surface area contributed by atoms with Crippen molar-refractivity contribution in [2.75, 3.05) is 7.11 Å². The SMILES string of the molecule is COc1ccc(C=NNC(=O)Cc2ccc([N+](=O)[O-])cc2)cc1COc1ccc(F)cc1F. The van der Waals surface area contributed by atoms with E-state index >= 15 is 0 Å². The summed E-state index contributed by atoms with van der Waals surface area (Å²) < 4.78 is 37.5. The molecule has 0 unspecified atom stereocenters. The monoisotopic (exact) mass is 455 g/mol. The zero-order valence-corrected chi connectivity index (χ0v) is 17.5. The summed E-state index contributed by atoms with van der Waals surface area (Å²) in [7, 11) is 1.48. The first-order chi connectivity index (χ1) is 15.9. The van der Waals surface area contributed by atoms with Gasteiger partial charge in [-0.1, -0.05) is 12.1 Å². The van der Waals surface area contributed by atoms with Crippen LogP contribution in [0.2, 0.25) is 0 Å². The van der Waals surface area contributed by atoms with Crippen molar-refractivity contribution in [3.05, 3.63) is 99.1 Å². The highest BCUT2D eigenvalue weighted by Gasteiger charge is 2.10. The van der Waals surface area contributed by atoms with Crippen molar-refractivity contribution < 1.29 is 28.0 Å². The van der Waals surface area contributed by atoms with Gasteiger partial charge < -0.3 is 9.47 Å². The van der Waals surface area contributed by atoms with Crippen LogP contribution in [-0.4, -0.2) is 24.2 Å². The number of benzene rings is 3. The summed E-state index contributed by atoms with van der Waals surface area (Å²) in [5, 5.41) is 14.6. The lowest BCUT2D eigenvalue weighted by Gasteiger charge is -2.11. The lowest BCUT2D eigenvalue weighted by molar-refractivity contribution is -0.384. The molecule has 0 aliphatic rings. The molecule has 33 heavy (non-hydrogen) atoms. The molecule has 0 fully saturated rings. The second kappa shape index (κ2) is 10.8. The molecular weight excluding hydrogens is 436 g/mol. The van der Waals surface area contributed by atoms with Crippen LogP contribution in [0.15, 0.2) is 65.8 Å². The predicted octanol–water partition coefficient (Wildman–Crippen LogP) is 4.15. The Hall–Kier alpha value is -4.34. The molecule has 0 radical (unpaired) electrons. The third-order valence-electron chi connectivity index (χ3n) is 4.50. The lowest BCUT2D eigenvalue weighted by atomic mass is 10.1. The smallest absolute Gasteiger partial charge is 0.269 e. The Bertz CT molecular complexity index is 1180. The van der Waals surface area contributed by atoms with Crippen molar-refractivity contribution >= 4 is 17.8 Å². The number of amides is 1. The summed E-state index contributed by atoms with van der Waals surface area (Å²) >= 11 is 0. The Labute approximate surface area is 187 Å². The molecule has 0 aromatic heterocycles. The van der Waals surface area contributed by atoms with E-state index in [1.54, 1.807) is 18.2 Å². The van der Waals surface area contributed by atoms with E-state index in [9.17, 15) is 23.7 Å². The molecular formula is C23H19F2N3O5. The topological polar surface area (TPSA) is 103 Å². The summed E-state index contributed by atoms with van der Waals surface area (Å²) in [6.07, 6.45) is 1.41. The molecule has 3 aromatic rings. The molecule has 0 aliphatic carbocycles. The van der Waals surface area contributed by atoms with Gasteiger partial charge in [0.25, 0.3) is 5.69 Å². The average molecular weight is 455 g/mol. The fourth-order valence-corrected chi connectivity index (χ4v) is 2.88. The summed E-state index contributed by atoms with van der Waals surface area (Å²) in [6, 6.07) is 13.7. The van der Waals surface area contributed by atoms with Gasteiger partial charge in [0.15, 0.2) is 11.6 Å². The van der Waals surface area contributed by atoms with E-state index < -0.39 is 22.5 Å². The maximum Gasteiger partial charge on any atom is 0.269 e. The first-order valence-electron chi connectivity index (χ1n) is 9.65. The van der Waals surface area contributed by atoms with Gasteiger partial charge >= 0.3 is 0 Å². The summed E-state index contributed by atoms with van der Waals surface area (Å²) in [4.78, 5) is 22.2. The molecule has 0 spiro atoms. The maximum atomic E-state index is 13.8. The standard InChI is InChI=1S/C23H19F2N3O5/c1-32-21-8-4-16(10-17(21)14-33-22-9-5-18(24)12-20(22)25)13-26-27-23(29)11-15-2-6-19(7-3-15)28(30)31/h2-10,12-13H,11,14H2,1H3,(H,27,29). The van der Waals surface area contributed by atoms with Gasteiger partial charge in [-0.3, -0.25) is 14.9 Å². The van der Waals surface area contributed by atoms with Crippen LogP contribution in [0.4, 0.5) is 14.5 Å². The highest BCUT2D eigenvalue weighted by atomic mass is 19.1. The second-order valence-corrected chi connectivity index (χ2v) is 6.83. The van der Waals surface area contributed by atoms with E-state index in [-0.39, 0.29) is 24.5 Å². The van der Waals surface area contributed by atoms with Gasteiger partial charge in [-0.25, -0.2) is 14.2 Å². The van der Waals surface area contributed by atoms with Crippen LogP contribution in [-0.2, 0) is 17.8 Å². The number of hydrogen-bond acceptors (Lipinski definition) is 6. The number of carbonyl (C=O) groups is 1. The van der Waals surface area contributed by atoms with Gasteiger partial charge in [0.05, 0.1) is 24.7 Å². The van der Waals surface area contributed by atoms with Crippen molar-refractivity contribution in [3.8, 4) is 11.5 Å². The number of methoxy groups -OCH3 is 1. The van der Waals surface area contributed by atoms with Crippen molar-refractivity contribution in [1.29, 1.82) is 0 Å². The van der Waals surface area contributed by atoms with Crippen molar-refractivity contribution in [2.24, 2.45) is 5.10 Å². The van der Waals surface area contributed by atoms with Crippen molar-refractivity contribution in [2.45, 2.75) is 13.0 Å². The van der Waals surface area contributed by atoms with E-state index in [4.69, 9.17) is 9.47 Å². The zero-order valence-electron chi connectivity index (χ0n) is 17.5. The van der Waals surface area contributed by atoms with E-state index in [1.165, 1.54) is 43.7 Å². The van der Waals surface area contributed by atoms with Gasteiger partial charge in [-0.2, -0.15) is 5.10 Å². The molecule has 3 aromatic carbocycles. The minimum absolute atomic E-state index is 0.000269. The highest BCUT2D eigenvalue weighted by Crippen LogP contribution is 2.24. The van der Waals surface area contributed by atoms with Crippen molar-refractivity contribution in [3.63, 3.8) is 0 Å². The first-order valence-corrected chi connectivity index (χ1v) is 9.65. The number of nitrogens with one attached hydrogen (secondary N) is 1. The molecule has 0 atom stereocenters. The normalized spacial score (nSPS) is 10.8. The Balaban J connectivity index is 1.60. The largest absolute Gasteiger partial charge is 0.496 e. The van der Waals surface area contributed by atoms with Crippen LogP contribution in [0.1, 0.15) is 16.7 Å². The van der Waals surface area contributed by atoms with Crippen LogP contribution in [0, 0.1) is 21.7 Å². The summed E-state index contributed by atoms with van der Waals surface area (Å²) in [5.41, 5.74) is 4.13. The number of halogens is 2.